The Kier molecular flexibility index (Phi) is 8.00. The van der Waals surface area contributed by atoms with Gasteiger partial charge in [-0.1, -0.05) is 32.9 Å². The van der Waals surface area contributed by atoms with Crippen molar-refractivity contribution in [2.45, 2.75) is 65.2 Å². The van der Waals surface area contributed by atoms with Gasteiger partial charge in [-0.25, -0.2) is 0 Å². The highest BCUT2D eigenvalue weighted by molar-refractivity contribution is 8.13. The van der Waals surface area contributed by atoms with E-state index in [0.29, 0.717) is 19.7 Å². The van der Waals surface area contributed by atoms with Crippen LogP contribution in [0.5, 0.6) is 0 Å². The van der Waals surface area contributed by atoms with Crippen LogP contribution < -0.4 is 0 Å². The second kappa shape index (κ2) is 9.27. The second-order valence-corrected chi connectivity index (χ2v) is 8.02. The monoisotopic (exact) mass is 365 g/mol. The van der Waals surface area contributed by atoms with Gasteiger partial charge in [-0.2, -0.15) is 0 Å². The summed E-state index contributed by atoms with van der Waals surface area (Å²) in [4.78, 5) is 27.2. The van der Waals surface area contributed by atoms with Gasteiger partial charge in [-0.15, -0.1) is 0 Å². The van der Waals surface area contributed by atoms with E-state index in [2.05, 4.69) is 26.8 Å². The Bertz CT molecular complexity index is 616. The number of amides is 1. The quantitative estimate of drug-likeness (QED) is 0.528. The highest BCUT2D eigenvalue weighted by atomic mass is 32.2. The number of nitrogens with zero attached hydrogens (tertiary/aromatic N) is 1. The largest absolute Gasteiger partial charge is 0.466 e. The Labute approximate surface area is 156 Å². The molecule has 1 aromatic carbocycles. The van der Waals surface area contributed by atoms with Crippen molar-refractivity contribution in [3.63, 3.8) is 0 Å². The smallest absolute Gasteiger partial charge is 0.310 e. The molecule has 0 aliphatic heterocycles. The van der Waals surface area contributed by atoms with Crippen molar-refractivity contribution in [3.05, 3.63) is 28.8 Å². The first-order chi connectivity index (χ1) is 11.6. The van der Waals surface area contributed by atoms with Gasteiger partial charge < -0.3 is 9.64 Å². The molecule has 0 heterocycles. The molecule has 0 saturated heterocycles. The van der Waals surface area contributed by atoms with Crippen LogP contribution in [0.3, 0.4) is 0 Å². The Morgan fingerprint density at radius 2 is 1.72 bits per heavy atom. The standard InChI is InChI=1S/C20H31NO3S/c1-8-21(9-2)19(23)25-18-14(4)11-16(20(5,6)7)12-15(18)13-17(22)24-10-3/h11-12H,8-10,13H2,1-7H3. The lowest BCUT2D eigenvalue weighted by Crippen LogP contribution is -2.27. The SMILES string of the molecule is CCOC(=O)Cc1cc(C(C)(C)C)cc(C)c1SC(=O)N(CC)CC. The van der Waals surface area contributed by atoms with E-state index in [1.54, 1.807) is 11.8 Å². The Morgan fingerprint density at radius 1 is 1.12 bits per heavy atom. The molecule has 1 aromatic rings. The molecule has 0 radical (unpaired) electrons. The summed E-state index contributed by atoms with van der Waals surface area (Å²) < 4.78 is 5.12. The van der Waals surface area contributed by atoms with E-state index in [1.165, 1.54) is 11.8 Å². The molecule has 0 fully saturated rings. The number of ether oxygens (including phenoxy) is 1. The van der Waals surface area contributed by atoms with Gasteiger partial charge >= 0.3 is 5.97 Å². The van der Waals surface area contributed by atoms with Crippen LogP contribution in [0.4, 0.5) is 4.79 Å². The van der Waals surface area contributed by atoms with E-state index in [4.69, 9.17) is 4.74 Å². The minimum Gasteiger partial charge on any atom is -0.466 e. The fourth-order valence-electron chi connectivity index (χ4n) is 2.56. The number of thioether (sulfide) groups is 1. The van der Waals surface area contributed by atoms with Gasteiger partial charge in [0, 0.05) is 18.0 Å². The first-order valence-corrected chi connectivity index (χ1v) is 9.71. The van der Waals surface area contributed by atoms with Crippen molar-refractivity contribution >= 4 is 23.0 Å². The summed E-state index contributed by atoms with van der Waals surface area (Å²) >= 11 is 1.21. The molecule has 0 aliphatic rings. The average Bonchev–Trinajstić information content (AvgIpc) is 2.50. The summed E-state index contributed by atoms with van der Waals surface area (Å²) in [5.74, 6) is -0.259. The van der Waals surface area contributed by atoms with Gasteiger partial charge in [-0.3, -0.25) is 9.59 Å². The molecule has 5 heteroatoms. The number of hydrogen-bond donors (Lipinski definition) is 0. The molecule has 0 unspecified atom stereocenters. The van der Waals surface area contributed by atoms with E-state index in [9.17, 15) is 9.59 Å². The molecule has 1 amide bonds. The molecule has 0 aromatic heterocycles. The van der Waals surface area contributed by atoms with E-state index in [-0.39, 0.29) is 23.0 Å². The molecular weight excluding hydrogens is 334 g/mol. The van der Waals surface area contributed by atoms with E-state index in [0.717, 1.165) is 21.6 Å². The van der Waals surface area contributed by atoms with Crippen LogP contribution in [0.2, 0.25) is 0 Å². The Balaban J connectivity index is 3.29. The maximum atomic E-state index is 12.5. The average molecular weight is 366 g/mol. The van der Waals surface area contributed by atoms with Crippen molar-refractivity contribution in [1.82, 2.24) is 4.90 Å². The summed E-state index contributed by atoms with van der Waals surface area (Å²) in [6, 6.07) is 4.16. The number of carbonyl (C=O) groups excluding carboxylic acids is 2. The highest BCUT2D eigenvalue weighted by Gasteiger charge is 2.22. The summed E-state index contributed by atoms with van der Waals surface area (Å²) in [5.41, 5.74) is 3.02. The number of esters is 1. The van der Waals surface area contributed by atoms with Crippen LogP contribution in [0.25, 0.3) is 0 Å². The molecule has 0 spiro atoms. The topological polar surface area (TPSA) is 46.6 Å². The van der Waals surface area contributed by atoms with Crippen molar-refractivity contribution < 1.29 is 14.3 Å². The van der Waals surface area contributed by atoms with Crippen molar-refractivity contribution in [2.75, 3.05) is 19.7 Å². The van der Waals surface area contributed by atoms with Crippen LogP contribution in [-0.4, -0.2) is 35.8 Å². The maximum Gasteiger partial charge on any atom is 0.310 e. The van der Waals surface area contributed by atoms with E-state index >= 15 is 0 Å². The molecule has 0 aliphatic carbocycles. The molecular formula is C20H31NO3S. The third-order valence-electron chi connectivity index (χ3n) is 4.07. The summed E-state index contributed by atoms with van der Waals surface area (Å²) in [6.45, 7) is 15.9. The van der Waals surface area contributed by atoms with Crippen LogP contribution in [0.1, 0.15) is 58.2 Å². The van der Waals surface area contributed by atoms with Crippen molar-refractivity contribution in [3.8, 4) is 0 Å². The third-order valence-corrected chi connectivity index (χ3v) is 5.29. The number of rotatable bonds is 6. The van der Waals surface area contributed by atoms with Crippen molar-refractivity contribution in [1.29, 1.82) is 0 Å². The zero-order valence-corrected chi connectivity index (χ0v) is 17.4. The van der Waals surface area contributed by atoms with Gasteiger partial charge in [0.1, 0.15) is 0 Å². The molecule has 1 rings (SSSR count). The molecule has 140 valence electrons. The highest BCUT2D eigenvalue weighted by Crippen LogP contribution is 2.34. The first-order valence-electron chi connectivity index (χ1n) is 8.90. The van der Waals surface area contributed by atoms with Crippen LogP contribution in [0, 0.1) is 6.92 Å². The summed E-state index contributed by atoms with van der Waals surface area (Å²) in [5, 5.41) is 0.0155. The first kappa shape index (κ1) is 21.6. The van der Waals surface area contributed by atoms with Gasteiger partial charge in [0.05, 0.1) is 13.0 Å². The number of benzene rings is 1. The zero-order chi connectivity index (χ0) is 19.2. The lowest BCUT2D eigenvalue weighted by Gasteiger charge is -2.24. The number of carbonyl (C=O) groups is 2. The molecule has 0 saturated carbocycles. The third kappa shape index (κ3) is 6.07. The fraction of sp³-hybridized carbons (Fsp3) is 0.600. The van der Waals surface area contributed by atoms with E-state index in [1.807, 2.05) is 26.8 Å². The molecule has 0 N–H and O–H groups in total. The summed E-state index contributed by atoms with van der Waals surface area (Å²) in [6.07, 6.45) is 0.187. The van der Waals surface area contributed by atoms with Gasteiger partial charge in [0.2, 0.25) is 0 Å². The van der Waals surface area contributed by atoms with Gasteiger partial charge in [0.15, 0.2) is 0 Å². The summed E-state index contributed by atoms with van der Waals surface area (Å²) in [7, 11) is 0. The normalized spacial score (nSPS) is 11.3. The zero-order valence-electron chi connectivity index (χ0n) is 16.6. The molecule has 25 heavy (non-hydrogen) atoms. The maximum absolute atomic E-state index is 12.5. The Hall–Kier alpha value is -1.49. The fourth-order valence-corrected chi connectivity index (χ4v) is 3.60. The van der Waals surface area contributed by atoms with E-state index < -0.39 is 0 Å². The number of aryl methyl sites for hydroxylation is 1. The lowest BCUT2D eigenvalue weighted by atomic mass is 9.85. The molecule has 4 nitrogen and oxygen atoms in total. The van der Waals surface area contributed by atoms with Gasteiger partial charge in [-0.05, 0) is 61.6 Å². The Morgan fingerprint density at radius 3 is 2.20 bits per heavy atom. The number of hydrogen-bond acceptors (Lipinski definition) is 4. The predicted molar refractivity (Wildman–Crippen MR) is 104 cm³/mol. The van der Waals surface area contributed by atoms with Crippen LogP contribution in [0.15, 0.2) is 17.0 Å². The molecule has 0 atom stereocenters. The predicted octanol–water partition coefficient (Wildman–Crippen LogP) is 4.95. The minimum atomic E-state index is -0.259. The van der Waals surface area contributed by atoms with Crippen LogP contribution in [-0.2, 0) is 21.4 Å². The van der Waals surface area contributed by atoms with Gasteiger partial charge in [0.25, 0.3) is 5.24 Å². The van der Waals surface area contributed by atoms with Crippen LogP contribution >= 0.6 is 11.8 Å². The molecule has 0 bridgehead atoms. The van der Waals surface area contributed by atoms with Crippen molar-refractivity contribution in [2.24, 2.45) is 0 Å². The lowest BCUT2D eigenvalue weighted by molar-refractivity contribution is -0.142. The second-order valence-electron chi connectivity index (χ2n) is 7.05. The minimum absolute atomic E-state index is 0.0155.